The Morgan fingerprint density at radius 2 is 0.655 bits per heavy atom. The van der Waals surface area contributed by atoms with E-state index >= 15 is 0 Å². The van der Waals surface area contributed by atoms with Crippen molar-refractivity contribution in [1.29, 1.82) is 0 Å². The molecule has 258 valence electrons. The lowest BCUT2D eigenvalue weighted by Gasteiger charge is -2.18. The molecule has 0 saturated carbocycles. The molecular formula is C51H34N4. The number of rotatable bonds is 7. The molecule has 2 aromatic heterocycles. The van der Waals surface area contributed by atoms with Crippen molar-refractivity contribution in [1.82, 2.24) is 19.5 Å². The van der Waals surface area contributed by atoms with Gasteiger partial charge < -0.3 is 4.57 Å². The molecule has 0 aliphatic rings. The zero-order chi connectivity index (χ0) is 36.6. The number of hydrogen-bond acceptors (Lipinski definition) is 3. The maximum atomic E-state index is 5.07. The van der Waals surface area contributed by atoms with Crippen molar-refractivity contribution in [2.75, 3.05) is 0 Å². The predicted octanol–water partition coefficient (Wildman–Crippen LogP) is 13.0. The first-order valence-corrected chi connectivity index (χ1v) is 18.5. The van der Waals surface area contributed by atoms with E-state index in [2.05, 4.69) is 150 Å². The molecule has 0 N–H and O–H groups in total. The molecule has 0 aliphatic carbocycles. The number of para-hydroxylation sites is 2. The Labute approximate surface area is 319 Å². The summed E-state index contributed by atoms with van der Waals surface area (Å²) in [4.78, 5) is 15.1. The number of fused-ring (bicyclic) bond motifs is 3. The highest BCUT2D eigenvalue weighted by atomic mass is 15.0. The Balaban J connectivity index is 1.19. The third kappa shape index (κ3) is 5.96. The summed E-state index contributed by atoms with van der Waals surface area (Å²) >= 11 is 0. The number of hydrogen-bond donors (Lipinski definition) is 0. The van der Waals surface area contributed by atoms with Crippen LogP contribution in [0.2, 0.25) is 0 Å². The second-order valence-corrected chi connectivity index (χ2v) is 13.6. The van der Waals surface area contributed by atoms with Crippen molar-refractivity contribution >= 4 is 21.8 Å². The van der Waals surface area contributed by atoms with Gasteiger partial charge in [0.1, 0.15) is 0 Å². The summed E-state index contributed by atoms with van der Waals surface area (Å²) in [6, 6.07) is 72.4. The van der Waals surface area contributed by atoms with Crippen LogP contribution in [0.1, 0.15) is 0 Å². The number of aromatic nitrogens is 4. The second kappa shape index (κ2) is 13.8. The largest absolute Gasteiger partial charge is 0.309 e. The molecule has 8 aromatic carbocycles. The highest BCUT2D eigenvalue weighted by Crippen LogP contribution is 2.42. The minimum absolute atomic E-state index is 0.626. The second-order valence-electron chi connectivity index (χ2n) is 13.6. The zero-order valence-electron chi connectivity index (χ0n) is 29.9. The fourth-order valence-corrected chi connectivity index (χ4v) is 7.68. The van der Waals surface area contributed by atoms with E-state index < -0.39 is 0 Å². The van der Waals surface area contributed by atoms with E-state index in [0.717, 1.165) is 55.8 Å². The van der Waals surface area contributed by atoms with Crippen LogP contribution in [0.5, 0.6) is 0 Å². The Morgan fingerprint density at radius 1 is 0.273 bits per heavy atom. The summed E-state index contributed by atoms with van der Waals surface area (Å²) in [5.74, 6) is 1.91. The molecule has 0 spiro atoms. The molecule has 0 atom stereocenters. The third-order valence-electron chi connectivity index (χ3n) is 10.3. The van der Waals surface area contributed by atoms with Crippen LogP contribution in [0.4, 0.5) is 0 Å². The number of nitrogens with zero attached hydrogens (tertiary/aromatic N) is 4. The molecule has 55 heavy (non-hydrogen) atoms. The lowest BCUT2D eigenvalue weighted by atomic mass is 9.88. The molecule has 0 amide bonds. The maximum absolute atomic E-state index is 5.07. The molecule has 0 bridgehead atoms. The van der Waals surface area contributed by atoms with E-state index in [4.69, 9.17) is 15.0 Å². The molecule has 0 aliphatic heterocycles. The van der Waals surface area contributed by atoms with Crippen molar-refractivity contribution in [3.05, 3.63) is 206 Å². The molecule has 0 saturated heterocycles. The van der Waals surface area contributed by atoms with Crippen LogP contribution in [0.15, 0.2) is 206 Å². The van der Waals surface area contributed by atoms with Gasteiger partial charge in [-0.1, -0.05) is 176 Å². The van der Waals surface area contributed by atoms with Gasteiger partial charge in [-0.05, 0) is 63.7 Å². The fourth-order valence-electron chi connectivity index (χ4n) is 7.68. The zero-order valence-corrected chi connectivity index (χ0v) is 29.9. The normalized spacial score (nSPS) is 11.3. The molecule has 10 rings (SSSR count). The Bertz CT molecular complexity index is 2840. The predicted molar refractivity (Wildman–Crippen MR) is 227 cm³/mol. The highest BCUT2D eigenvalue weighted by Gasteiger charge is 2.19. The molecule has 2 heterocycles. The minimum Gasteiger partial charge on any atom is -0.309 e. The number of benzene rings is 8. The van der Waals surface area contributed by atoms with Gasteiger partial charge in [0.25, 0.3) is 0 Å². The van der Waals surface area contributed by atoms with Crippen molar-refractivity contribution in [3.63, 3.8) is 0 Å². The van der Waals surface area contributed by atoms with Crippen molar-refractivity contribution in [2.24, 2.45) is 0 Å². The van der Waals surface area contributed by atoms with Gasteiger partial charge >= 0.3 is 0 Å². The van der Waals surface area contributed by atoms with Gasteiger partial charge in [0.05, 0.1) is 11.0 Å². The van der Waals surface area contributed by atoms with Crippen molar-refractivity contribution in [2.45, 2.75) is 0 Å². The van der Waals surface area contributed by atoms with E-state index in [-0.39, 0.29) is 0 Å². The average Bonchev–Trinajstić information content (AvgIpc) is 3.61. The quantitative estimate of drug-likeness (QED) is 0.166. The molecule has 4 heteroatoms. The van der Waals surface area contributed by atoms with E-state index in [0.29, 0.717) is 17.5 Å². The van der Waals surface area contributed by atoms with Crippen LogP contribution < -0.4 is 0 Å². The van der Waals surface area contributed by atoms with Crippen molar-refractivity contribution < 1.29 is 0 Å². The van der Waals surface area contributed by atoms with Gasteiger partial charge in [-0.2, -0.15) is 0 Å². The van der Waals surface area contributed by atoms with Crippen LogP contribution in [0, 0.1) is 0 Å². The van der Waals surface area contributed by atoms with Gasteiger partial charge in [0.15, 0.2) is 17.5 Å². The summed E-state index contributed by atoms with van der Waals surface area (Å²) in [7, 11) is 0. The first-order valence-electron chi connectivity index (χ1n) is 18.5. The Hall–Kier alpha value is -7.43. The van der Waals surface area contributed by atoms with E-state index in [1.54, 1.807) is 0 Å². The van der Waals surface area contributed by atoms with E-state index in [1.807, 2.05) is 60.7 Å². The summed E-state index contributed by atoms with van der Waals surface area (Å²) in [6.07, 6.45) is 0. The summed E-state index contributed by atoms with van der Waals surface area (Å²) in [5, 5.41) is 2.49. The van der Waals surface area contributed by atoms with Crippen LogP contribution in [0.3, 0.4) is 0 Å². The van der Waals surface area contributed by atoms with Crippen LogP contribution >= 0.6 is 0 Å². The van der Waals surface area contributed by atoms with Crippen LogP contribution in [-0.2, 0) is 0 Å². The highest BCUT2D eigenvalue weighted by molar-refractivity contribution is 6.09. The Kier molecular flexibility index (Phi) is 8.12. The van der Waals surface area contributed by atoms with Crippen LogP contribution in [-0.4, -0.2) is 19.5 Å². The van der Waals surface area contributed by atoms with Gasteiger partial charge in [0, 0.05) is 33.2 Å². The van der Waals surface area contributed by atoms with E-state index in [9.17, 15) is 0 Å². The molecule has 4 nitrogen and oxygen atoms in total. The molecule has 0 radical (unpaired) electrons. The molecule has 10 aromatic rings. The summed E-state index contributed by atoms with van der Waals surface area (Å²) < 4.78 is 2.39. The summed E-state index contributed by atoms with van der Waals surface area (Å²) in [6.45, 7) is 0. The fraction of sp³-hybridized carbons (Fsp3) is 0. The first-order chi connectivity index (χ1) is 27.3. The van der Waals surface area contributed by atoms with E-state index in [1.165, 1.54) is 21.8 Å². The van der Waals surface area contributed by atoms with Gasteiger partial charge in [-0.25, -0.2) is 15.0 Å². The minimum atomic E-state index is 0.626. The van der Waals surface area contributed by atoms with Crippen LogP contribution in [0.25, 0.3) is 95.0 Å². The third-order valence-corrected chi connectivity index (χ3v) is 10.3. The van der Waals surface area contributed by atoms with Gasteiger partial charge in [0.2, 0.25) is 0 Å². The molecular weight excluding hydrogens is 669 g/mol. The monoisotopic (exact) mass is 702 g/mol. The molecule has 0 fully saturated rings. The molecule has 0 unspecified atom stereocenters. The lowest BCUT2D eigenvalue weighted by molar-refractivity contribution is 1.07. The Morgan fingerprint density at radius 3 is 1.15 bits per heavy atom. The standard InChI is InChI=1S/C51H34N4/c1-5-17-35(18-6-1)45-33-39(51-53-49(37-21-9-3-10-22-37)52-50(54-51)38-23-11-4-12-24-38)29-31-41(45)42-32-30-40(34-46(42)36-19-7-2-8-20-36)55-47-27-15-13-25-43(47)44-26-14-16-28-48(44)55/h1-34H. The van der Waals surface area contributed by atoms with Gasteiger partial charge in [-0.3, -0.25) is 0 Å². The smallest absolute Gasteiger partial charge is 0.164 e. The SMILES string of the molecule is c1ccc(-c2nc(-c3ccccc3)nc(-c3ccc(-c4ccc(-n5c6ccccc6c6ccccc65)cc4-c4ccccc4)c(-c4ccccc4)c3)n2)cc1. The topological polar surface area (TPSA) is 43.6 Å². The summed E-state index contributed by atoms with van der Waals surface area (Å²) in [5.41, 5.74) is 13.1. The first kappa shape index (κ1) is 32.2. The van der Waals surface area contributed by atoms with Crippen molar-refractivity contribution in [3.8, 4) is 73.2 Å². The maximum Gasteiger partial charge on any atom is 0.164 e. The lowest BCUT2D eigenvalue weighted by Crippen LogP contribution is -2.00. The van der Waals surface area contributed by atoms with Gasteiger partial charge in [-0.15, -0.1) is 0 Å². The average molecular weight is 703 g/mol.